The van der Waals surface area contributed by atoms with Crippen LogP contribution in [0.3, 0.4) is 0 Å². The largest absolute Gasteiger partial charge is 0.375 e. The van der Waals surface area contributed by atoms with E-state index in [1.165, 1.54) is 17.4 Å². The summed E-state index contributed by atoms with van der Waals surface area (Å²) < 4.78 is 27.5. The third kappa shape index (κ3) is 2.26. The second kappa shape index (κ2) is 5.02. The number of nitrogens with two attached hydrogens (primary N) is 1. The Morgan fingerprint density at radius 1 is 1.35 bits per heavy atom. The Morgan fingerprint density at radius 3 is 2.91 bits per heavy atom. The molecule has 0 saturated heterocycles. The van der Waals surface area contributed by atoms with Crippen LogP contribution < -0.4 is 5.73 Å². The number of anilines is 1. The van der Waals surface area contributed by atoms with Gasteiger partial charge in [-0.1, -0.05) is 0 Å². The number of nitrogen functional groups attached to an aromatic ring is 1. The normalized spacial score (nSPS) is 14.3. The van der Waals surface area contributed by atoms with Crippen LogP contribution in [-0.4, -0.2) is 27.3 Å². The van der Waals surface area contributed by atoms with Crippen molar-refractivity contribution in [1.29, 1.82) is 0 Å². The number of carbonyl (C=O) groups excluding carboxylic acids is 1. The molecular formula is C15H12F2N4OS. The maximum Gasteiger partial charge on any atom is 0.270 e. The van der Waals surface area contributed by atoms with Gasteiger partial charge in [0.2, 0.25) is 0 Å². The monoisotopic (exact) mass is 334 g/mol. The molecule has 0 unspecified atom stereocenters. The van der Waals surface area contributed by atoms with Gasteiger partial charge in [0.25, 0.3) is 5.91 Å². The number of aromatic nitrogens is 2. The number of hydrogen-bond donors (Lipinski definition) is 2. The van der Waals surface area contributed by atoms with Crippen molar-refractivity contribution in [3.05, 3.63) is 46.1 Å². The van der Waals surface area contributed by atoms with E-state index in [9.17, 15) is 13.6 Å². The molecule has 0 aliphatic carbocycles. The molecule has 1 amide bonds. The minimum atomic E-state index is -0.586. The van der Waals surface area contributed by atoms with E-state index in [4.69, 9.17) is 5.73 Å². The Morgan fingerprint density at radius 2 is 2.13 bits per heavy atom. The molecule has 3 N–H and O–H groups in total. The predicted octanol–water partition coefficient (Wildman–Crippen LogP) is 2.68. The van der Waals surface area contributed by atoms with Crippen LogP contribution in [0.4, 0.5) is 13.9 Å². The highest BCUT2D eigenvalue weighted by atomic mass is 32.1. The van der Waals surface area contributed by atoms with E-state index in [1.807, 2.05) is 0 Å². The highest BCUT2D eigenvalue weighted by molar-refractivity contribution is 7.15. The molecule has 3 aromatic rings. The third-order valence-corrected chi connectivity index (χ3v) is 4.87. The average Bonchev–Trinajstić information content (AvgIpc) is 3.13. The number of halogens is 2. The van der Waals surface area contributed by atoms with E-state index >= 15 is 0 Å². The lowest BCUT2D eigenvalue weighted by atomic mass is 10.1. The Hall–Kier alpha value is -2.48. The molecule has 1 aliphatic rings. The van der Waals surface area contributed by atoms with Crippen molar-refractivity contribution in [1.82, 2.24) is 14.9 Å². The molecule has 8 heteroatoms. The van der Waals surface area contributed by atoms with Crippen molar-refractivity contribution in [2.75, 3.05) is 12.3 Å². The summed E-state index contributed by atoms with van der Waals surface area (Å²) in [4.78, 5) is 22.1. The number of amides is 1. The summed E-state index contributed by atoms with van der Waals surface area (Å²) in [7, 11) is 0. The zero-order valence-corrected chi connectivity index (χ0v) is 12.7. The number of fused-ring (bicyclic) bond motifs is 2. The Balaban J connectivity index is 1.67. The van der Waals surface area contributed by atoms with Crippen molar-refractivity contribution in [2.24, 2.45) is 0 Å². The Kier molecular flexibility index (Phi) is 3.08. The summed E-state index contributed by atoms with van der Waals surface area (Å²) in [5.74, 6) is -1.44. The molecule has 0 spiro atoms. The van der Waals surface area contributed by atoms with E-state index in [0.29, 0.717) is 24.6 Å². The summed E-state index contributed by atoms with van der Waals surface area (Å²) in [5, 5.41) is 0.562. The van der Waals surface area contributed by atoms with Gasteiger partial charge in [-0.05, 0) is 18.2 Å². The fourth-order valence-electron chi connectivity index (χ4n) is 2.83. The molecule has 0 saturated carbocycles. The Bertz CT molecular complexity index is 894. The van der Waals surface area contributed by atoms with Gasteiger partial charge in [0.05, 0.1) is 17.8 Å². The number of rotatable bonds is 1. The lowest BCUT2D eigenvalue weighted by molar-refractivity contribution is 0.0731. The molecule has 2 aromatic heterocycles. The number of hydrogen-bond acceptors (Lipinski definition) is 4. The van der Waals surface area contributed by atoms with E-state index in [0.717, 1.165) is 22.7 Å². The number of carbonyl (C=O) groups is 1. The number of thiazole rings is 1. The average molecular weight is 334 g/mol. The van der Waals surface area contributed by atoms with Gasteiger partial charge in [-0.3, -0.25) is 4.79 Å². The van der Waals surface area contributed by atoms with Gasteiger partial charge < -0.3 is 15.6 Å². The maximum atomic E-state index is 13.8. The number of nitrogens with zero attached hydrogens (tertiary/aromatic N) is 2. The second-order valence-corrected chi connectivity index (χ2v) is 6.51. The van der Waals surface area contributed by atoms with Crippen molar-refractivity contribution in [2.45, 2.75) is 13.0 Å². The molecule has 4 rings (SSSR count). The molecule has 0 radical (unpaired) electrons. The fraction of sp³-hybridized carbons (Fsp3) is 0.200. The first-order valence-corrected chi connectivity index (χ1v) is 7.84. The zero-order valence-electron chi connectivity index (χ0n) is 11.9. The first-order valence-electron chi connectivity index (χ1n) is 7.03. The third-order valence-electron chi connectivity index (χ3n) is 3.96. The predicted molar refractivity (Wildman–Crippen MR) is 83.2 cm³/mol. The highest BCUT2D eigenvalue weighted by Crippen LogP contribution is 2.28. The smallest absolute Gasteiger partial charge is 0.270 e. The van der Waals surface area contributed by atoms with Gasteiger partial charge in [0.15, 0.2) is 5.13 Å². The molecular weight excluding hydrogens is 322 g/mol. The first-order chi connectivity index (χ1) is 11.0. The Labute approximate surface area is 133 Å². The van der Waals surface area contributed by atoms with Gasteiger partial charge >= 0.3 is 0 Å². The molecule has 0 fully saturated rings. The minimum Gasteiger partial charge on any atom is -0.375 e. The van der Waals surface area contributed by atoms with Gasteiger partial charge in [-0.25, -0.2) is 13.8 Å². The summed E-state index contributed by atoms with van der Waals surface area (Å²) in [6.45, 7) is 0.901. The zero-order chi connectivity index (χ0) is 16.1. The lowest BCUT2D eigenvalue weighted by Crippen LogP contribution is -2.35. The molecule has 1 aliphatic heterocycles. The second-order valence-electron chi connectivity index (χ2n) is 5.40. The lowest BCUT2D eigenvalue weighted by Gasteiger charge is -2.25. The van der Waals surface area contributed by atoms with Crippen LogP contribution in [0.25, 0.3) is 10.9 Å². The summed E-state index contributed by atoms with van der Waals surface area (Å²) in [6, 6.07) is 3.44. The van der Waals surface area contributed by atoms with E-state index < -0.39 is 11.6 Å². The minimum absolute atomic E-state index is 0.00748. The molecule has 118 valence electrons. The molecule has 0 atom stereocenters. The van der Waals surface area contributed by atoms with E-state index in [1.54, 1.807) is 4.90 Å². The van der Waals surface area contributed by atoms with Crippen LogP contribution >= 0.6 is 11.3 Å². The summed E-state index contributed by atoms with van der Waals surface area (Å²) in [6.07, 6.45) is 0.623. The maximum absolute atomic E-state index is 13.8. The van der Waals surface area contributed by atoms with Crippen LogP contribution in [-0.2, 0) is 13.0 Å². The molecule has 1 aromatic carbocycles. The topological polar surface area (TPSA) is 75.0 Å². The fourth-order valence-corrected chi connectivity index (χ4v) is 3.72. The van der Waals surface area contributed by atoms with Crippen LogP contribution in [0.2, 0.25) is 0 Å². The van der Waals surface area contributed by atoms with Crippen LogP contribution in [0, 0.1) is 11.6 Å². The number of aromatic amines is 1. The van der Waals surface area contributed by atoms with Crippen LogP contribution in [0.15, 0.2) is 18.2 Å². The molecule has 5 nitrogen and oxygen atoms in total. The van der Waals surface area contributed by atoms with Crippen molar-refractivity contribution >= 4 is 33.3 Å². The van der Waals surface area contributed by atoms with Gasteiger partial charge in [-0.15, -0.1) is 11.3 Å². The van der Waals surface area contributed by atoms with Gasteiger partial charge in [-0.2, -0.15) is 0 Å². The molecule has 0 bridgehead atoms. The van der Waals surface area contributed by atoms with E-state index in [2.05, 4.69) is 9.97 Å². The number of nitrogens with one attached hydrogen (secondary N) is 1. The standard InChI is InChI=1S/C15H12F2N4OS/c16-8-1-2-9(17)13-7(8)5-11(19-13)14(22)21-4-3-10-12(6-21)23-15(18)20-10/h1-2,5,19H,3-4,6H2,(H2,18,20). The van der Waals surface area contributed by atoms with Crippen LogP contribution in [0.5, 0.6) is 0 Å². The first kappa shape index (κ1) is 14.1. The molecule has 3 heterocycles. The SMILES string of the molecule is Nc1nc2c(s1)CN(C(=O)c1cc3c(F)ccc(F)c3[nH]1)CC2. The highest BCUT2D eigenvalue weighted by Gasteiger charge is 2.26. The molecule has 23 heavy (non-hydrogen) atoms. The van der Waals surface area contributed by atoms with E-state index in [-0.39, 0.29) is 22.5 Å². The van der Waals surface area contributed by atoms with Crippen LogP contribution in [0.1, 0.15) is 21.1 Å². The quantitative estimate of drug-likeness (QED) is 0.718. The van der Waals surface area contributed by atoms with Gasteiger partial charge in [0.1, 0.15) is 17.3 Å². The summed E-state index contributed by atoms with van der Waals surface area (Å²) in [5.41, 5.74) is 6.79. The van der Waals surface area contributed by atoms with Gasteiger partial charge in [0, 0.05) is 23.2 Å². The van der Waals surface area contributed by atoms with Crippen molar-refractivity contribution in [3.63, 3.8) is 0 Å². The number of H-pyrrole nitrogens is 1. The van der Waals surface area contributed by atoms with Crippen molar-refractivity contribution < 1.29 is 13.6 Å². The summed E-state index contributed by atoms with van der Waals surface area (Å²) >= 11 is 1.36. The van der Waals surface area contributed by atoms with Crippen molar-refractivity contribution in [3.8, 4) is 0 Å². The number of benzene rings is 1.